The highest BCUT2D eigenvalue weighted by molar-refractivity contribution is 5.80. The van der Waals surface area contributed by atoms with Crippen molar-refractivity contribution >= 4 is 12.0 Å². The van der Waals surface area contributed by atoms with Crippen molar-refractivity contribution in [1.82, 2.24) is 10.2 Å². The molecule has 0 radical (unpaired) electrons. The zero-order valence-electron chi connectivity index (χ0n) is 13.7. The average molecular weight is 298 g/mol. The minimum atomic E-state index is -0.951. The number of carbonyl (C=O) groups excluding carboxylic acids is 1. The Balaban J connectivity index is 2.38. The fourth-order valence-corrected chi connectivity index (χ4v) is 2.36. The Morgan fingerprint density at radius 2 is 1.95 bits per heavy atom. The van der Waals surface area contributed by atoms with Gasteiger partial charge < -0.3 is 15.3 Å². The Bertz CT molecular complexity index is 351. The summed E-state index contributed by atoms with van der Waals surface area (Å²) in [4.78, 5) is 24.5. The van der Waals surface area contributed by atoms with E-state index in [1.807, 2.05) is 0 Å². The van der Waals surface area contributed by atoms with Crippen molar-refractivity contribution in [3.8, 4) is 0 Å². The van der Waals surface area contributed by atoms with Crippen LogP contribution in [0, 0.1) is 11.3 Å². The van der Waals surface area contributed by atoms with Gasteiger partial charge in [0.25, 0.3) is 0 Å². The molecule has 0 aromatic rings. The highest BCUT2D eigenvalue weighted by Gasteiger charge is 2.28. The summed E-state index contributed by atoms with van der Waals surface area (Å²) < 4.78 is 0. The zero-order chi connectivity index (χ0) is 15.9. The fourth-order valence-electron chi connectivity index (χ4n) is 2.36. The number of amides is 2. The van der Waals surface area contributed by atoms with Crippen LogP contribution in [0.3, 0.4) is 0 Å². The molecule has 0 bridgehead atoms. The second kappa shape index (κ2) is 8.25. The highest BCUT2D eigenvalue weighted by Crippen LogP contribution is 2.29. The van der Waals surface area contributed by atoms with Gasteiger partial charge in [0.05, 0.1) is 0 Å². The lowest BCUT2D eigenvalue weighted by atomic mass is 9.87. The largest absolute Gasteiger partial charge is 0.480 e. The number of aliphatic carboxylic acids is 1. The molecule has 0 aromatic carbocycles. The number of hydrogen-bond acceptors (Lipinski definition) is 2. The quantitative estimate of drug-likeness (QED) is 0.609. The first-order valence-electron chi connectivity index (χ1n) is 8.08. The second-order valence-electron chi connectivity index (χ2n) is 7.00. The third-order valence-electron chi connectivity index (χ3n) is 3.96. The van der Waals surface area contributed by atoms with Crippen molar-refractivity contribution in [2.75, 3.05) is 19.6 Å². The predicted octanol–water partition coefficient (Wildman–Crippen LogP) is 3.10. The van der Waals surface area contributed by atoms with E-state index >= 15 is 0 Å². The van der Waals surface area contributed by atoms with Crippen molar-refractivity contribution in [2.24, 2.45) is 11.3 Å². The van der Waals surface area contributed by atoms with E-state index in [2.05, 4.69) is 26.1 Å². The molecule has 0 atom stereocenters. The second-order valence-corrected chi connectivity index (χ2v) is 7.00. The van der Waals surface area contributed by atoms with E-state index < -0.39 is 5.97 Å². The number of nitrogens with one attached hydrogen (secondary N) is 1. The summed E-state index contributed by atoms with van der Waals surface area (Å²) in [5.74, 6) is -0.458. The molecule has 122 valence electrons. The van der Waals surface area contributed by atoms with E-state index in [9.17, 15) is 9.59 Å². The van der Waals surface area contributed by atoms with Gasteiger partial charge in [-0.2, -0.15) is 0 Å². The lowest BCUT2D eigenvalue weighted by molar-refractivity contribution is -0.137. The van der Waals surface area contributed by atoms with Crippen molar-refractivity contribution in [2.45, 2.75) is 59.3 Å². The van der Waals surface area contributed by atoms with Crippen LogP contribution in [0.25, 0.3) is 0 Å². The standard InChI is InChI=1S/C16H30N2O3/c1-4-5-6-9-16(2,3)12-17-15(21)18(11-14(19)20)10-13-7-8-13/h13H,4-12H2,1-3H3,(H,17,21)(H,19,20). The van der Waals surface area contributed by atoms with Crippen LogP contribution in [-0.2, 0) is 4.79 Å². The van der Waals surface area contributed by atoms with Gasteiger partial charge in [0.15, 0.2) is 0 Å². The molecule has 0 aliphatic heterocycles. The Morgan fingerprint density at radius 1 is 1.29 bits per heavy atom. The molecular formula is C16H30N2O3. The number of carboxylic acids is 1. The van der Waals surface area contributed by atoms with Gasteiger partial charge in [-0.05, 0) is 30.6 Å². The van der Waals surface area contributed by atoms with Gasteiger partial charge >= 0.3 is 12.0 Å². The molecule has 0 aromatic heterocycles. The molecule has 2 N–H and O–H groups in total. The Morgan fingerprint density at radius 3 is 2.48 bits per heavy atom. The summed E-state index contributed by atoms with van der Waals surface area (Å²) in [6.45, 7) is 7.41. The van der Waals surface area contributed by atoms with E-state index in [4.69, 9.17) is 5.11 Å². The normalized spacial score (nSPS) is 14.8. The highest BCUT2D eigenvalue weighted by atomic mass is 16.4. The third-order valence-corrected chi connectivity index (χ3v) is 3.96. The molecule has 21 heavy (non-hydrogen) atoms. The number of carboxylic acid groups (broad SMARTS) is 1. The topological polar surface area (TPSA) is 69.6 Å². The minimum Gasteiger partial charge on any atom is -0.480 e. The van der Waals surface area contributed by atoms with Crippen LogP contribution in [0.1, 0.15) is 59.3 Å². The van der Waals surface area contributed by atoms with Crippen LogP contribution in [0.5, 0.6) is 0 Å². The molecule has 0 unspecified atom stereocenters. The van der Waals surface area contributed by atoms with Crippen LogP contribution >= 0.6 is 0 Å². The van der Waals surface area contributed by atoms with Crippen LogP contribution in [0.2, 0.25) is 0 Å². The maximum absolute atomic E-state index is 12.2. The van der Waals surface area contributed by atoms with Crippen molar-refractivity contribution in [3.63, 3.8) is 0 Å². The maximum atomic E-state index is 12.2. The predicted molar refractivity (Wildman–Crippen MR) is 83.3 cm³/mol. The van der Waals surface area contributed by atoms with Crippen LogP contribution in [0.4, 0.5) is 4.79 Å². The number of urea groups is 1. The summed E-state index contributed by atoms with van der Waals surface area (Å²) in [5, 5.41) is 11.8. The Labute approximate surface area is 128 Å². The van der Waals surface area contributed by atoms with E-state index in [1.165, 1.54) is 24.2 Å². The number of nitrogens with zero attached hydrogens (tertiary/aromatic N) is 1. The van der Waals surface area contributed by atoms with Crippen molar-refractivity contribution < 1.29 is 14.7 Å². The first-order valence-corrected chi connectivity index (χ1v) is 8.08. The molecule has 2 amide bonds. The lowest BCUT2D eigenvalue weighted by Crippen LogP contribution is -2.46. The summed E-state index contributed by atoms with van der Waals surface area (Å²) in [6.07, 6.45) is 6.85. The van der Waals surface area contributed by atoms with Gasteiger partial charge in [-0.25, -0.2) is 4.79 Å². The molecule has 1 aliphatic rings. The fraction of sp³-hybridized carbons (Fsp3) is 0.875. The third kappa shape index (κ3) is 7.93. The zero-order valence-corrected chi connectivity index (χ0v) is 13.7. The van der Waals surface area contributed by atoms with Crippen LogP contribution in [0.15, 0.2) is 0 Å². The molecule has 0 heterocycles. The molecule has 5 nitrogen and oxygen atoms in total. The van der Waals surface area contributed by atoms with Crippen molar-refractivity contribution in [1.29, 1.82) is 0 Å². The van der Waals surface area contributed by atoms with E-state index in [0.717, 1.165) is 19.3 Å². The number of carbonyl (C=O) groups is 2. The van der Waals surface area contributed by atoms with Gasteiger partial charge in [0.1, 0.15) is 6.54 Å². The Hall–Kier alpha value is -1.26. The molecule has 1 aliphatic carbocycles. The average Bonchev–Trinajstić information content (AvgIpc) is 3.19. The number of hydrogen-bond donors (Lipinski definition) is 2. The first kappa shape index (κ1) is 17.8. The Kier molecular flexibility index (Phi) is 6.99. The van der Waals surface area contributed by atoms with Crippen LogP contribution in [-0.4, -0.2) is 41.6 Å². The van der Waals surface area contributed by atoms with Gasteiger partial charge in [0.2, 0.25) is 0 Å². The first-order chi connectivity index (χ1) is 9.84. The van der Waals surface area contributed by atoms with Gasteiger partial charge in [-0.15, -0.1) is 0 Å². The SMILES string of the molecule is CCCCCC(C)(C)CNC(=O)N(CC(=O)O)CC1CC1. The summed E-state index contributed by atoms with van der Waals surface area (Å²) in [7, 11) is 0. The molecule has 0 saturated heterocycles. The van der Waals surface area contributed by atoms with Crippen LogP contribution < -0.4 is 5.32 Å². The smallest absolute Gasteiger partial charge is 0.323 e. The molecular weight excluding hydrogens is 268 g/mol. The van der Waals surface area contributed by atoms with Crippen molar-refractivity contribution in [3.05, 3.63) is 0 Å². The van der Waals surface area contributed by atoms with Gasteiger partial charge in [0, 0.05) is 13.1 Å². The van der Waals surface area contributed by atoms with E-state index in [1.54, 1.807) is 0 Å². The minimum absolute atomic E-state index is 0.0549. The van der Waals surface area contributed by atoms with Gasteiger partial charge in [-0.3, -0.25) is 4.79 Å². The number of unbranched alkanes of at least 4 members (excludes halogenated alkanes) is 2. The monoisotopic (exact) mass is 298 g/mol. The summed E-state index contributed by atoms with van der Waals surface area (Å²) in [5.41, 5.74) is 0.0549. The van der Waals surface area contributed by atoms with Gasteiger partial charge in [-0.1, -0.05) is 40.0 Å². The molecule has 1 saturated carbocycles. The summed E-state index contributed by atoms with van der Waals surface area (Å²) in [6, 6.07) is -0.243. The summed E-state index contributed by atoms with van der Waals surface area (Å²) >= 11 is 0. The molecule has 0 spiro atoms. The van der Waals surface area contributed by atoms with E-state index in [0.29, 0.717) is 19.0 Å². The maximum Gasteiger partial charge on any atom is 0.323 e. The lowest BCUT2D eigenvalue weighted by Gasteiger charge is -2.27. The molecule has 5 heteroatoms. The molecule has 1 fully saturated rings. The van der Waals surface area contributed by atoms with E-state index in [-0.39, 0.29) is 18.0 Å². The number of rotatable bonds is 10. The molecule has 1 rings (SSSR count).